The Morgan fingerprint density at radius 1 is 1.50 bits per heavy atom. The van der Waals surface area contributed by atoms with Crippen molar-refractivity contribution in [2.24, 2.45) is 0 Å². The SMILES string of the molecule is CCC(CC(F)(F)C(F)F)OC(=O)O. The van der Waals surface area contributed by atoms with Gasteiger partial charge in [0.15, 0.2) is 0 Å². The van der Waals surface area contributed by atoms with Crippen LogP contribution < -0.4 is 0 Å². The van der Waals surface area contributed by atoms with Crippen molar-refractivity contribution in [2.75, 3.05) is 0 Å². The maximum Gasteiger partial charge on any atom is 0.506 e. The lowest BCUT2D eigenvalue weighted by molar-refractivity contribution is -0.150. The molecular weight excluding hydrogens is 208 g/mol. The fourth-order valence-corrected chi connectivity index (χ4v) is 0.805. The van der Waals surface area contributed by atoms with Gasteiger partial charge < -0.3 is 9.84 Å². The van der Waals surface area contributed by atoms with Crippen molar-refractivity contribution in [3.05, 3.63) is 0 Å². The van der Waals surface area contributed by atoms with Gasteiger partial charge in [0, 0.05) is 0 Å². The van der Waals surface area contributed by atoms with Gasteiger partial charge in [-0.15, -0.1) is 0 Å². The van der Waals surface area contributed by atoms with Crippen molar-refractivity contribution >= 4 is 6.16 Å². The van der Waals surface area contributed by atoms with Crippen LogP contribution in [0.3, 0.4) is 0 Å². The molecule has 0 fully saturated rings. The fourth-order valence-electron chi connectivity index (χ4n) is 0.805. The van der Waals surface area contributed by atoms with Crippen molar-refractivity contribution in [3.8, 4) is 0 Å². The van der Waals surface area contributed by atoms with Gasteiger partial charge in [-0.1, -0.05) is 6.92 Å². The second-order valence-corrected chi connectivity index (χ2v) is 2.68. The van der Waals surface area contributed by atoms with Crippen molar-refractivity contribution in [2.45, 2.75) is 38.2 Å². The molecule has 1 atom stereocenters. The molecule has 0 saturated heterocycles. The summed E-state index contributed by atoms with van der Waals surface area (Å²) in [6.07, 6.45) is -8.34. The molecular formula is C7H10F4O3. The Bertz CT molecular complexity index is 195. The number of alkyl halides is 4. The highest BCUT2D eigenvalue weighted by Gasteiger charge is 2.43. The van der Waals surface area contributed by atoms with Gasteiger partial charge in [0.05, 0.1) is 6.42 Å². The molecule has 0 bridgehead atoms. The van der Waals surface area contributed by atoms with E-state index in [-0.39, 0.29) is 6.42 Å². The third-order valence-corrected chi connectivity index (χ3v) is 1.54. The van der Waals surface area contributed by atoms with Crippen molar-refractivity contribution in [3.63, 3.8) is 0 Å². The number of carboxylic acid groups (broad SMARTS) is 1. The highest BCUT2D eigenvalue weighted by atomic mass is 19.3. The molecule has 1 N–H and O–H groups in total. The molecule has 0 aliphatic heterocycles. The molecule has 0 aliphatic carbocycles. The molecule has 0 aromatic heterocycles. The summed E-state index contributed by atoms with van der Waals surface area (Å²) in [5.41, 5.74) is 0. The number of halogens is 4. The smallest absolute Gasteiger partial charge is 0.450 e. The minimum absolute atomic E-state index is 0.0748. The quantitative estimate of drug-likeness (QED) is 0.570. The van der Waals surface area contributed by atoms with Crippen LogP contribution in [0.1, 0.15) is 19.8 Å². The maximum absolute atomic E-state index is 12.4. The van der Waals surface area contributed by atoms with E-state index in [2.05, 4.69) is 4.74 Å². The highest BCUT2D eigenvalue weighted by Crippen LogP contribution is 2.29. The number of rotatable bonds is 5. The molecule has 0 amide bonds. The molecule has 3 nitrogen and oxygen atoms in total. The molecule has 1 unspecified atom stereocenters. The summed E-state index contributed by atoms with van der Waals surface area (Å²) in [5.74, 6) is -4.21. The molecule has 0 aromatic carbocycles. The predicted octanol–water partition coefficient (Wildman–Crippen LogP) is 2.75. The molecule has 0 radical (unpaired) electrons. The summed E-state index contributed by atoms with van der Waals surface area (Å²) in [5, 5.41) is 8.10. The first kappa shape index (κ1) is 13.0. The minimum atomic E-state index is -4.21. The third kappa shape index (κ3) is 4.29. The van der Waals surface area contributed by atoms with Crippen molar-refractivity contribution in [1.82, 2.24) is 0 Å². The Labute approximate surface area is 77.7 Å². The molecule has 7 heteroatoms. The van der Waals surface area contributed by atoms with E-state index >= 15 is 0 Å². The van der Waals surface area contributed by atoms with E-state index in [0.29, 0.717) is 0 Å². The number of carbonyl (C=O) groups is 1. The van der Waals surface area contributed by atoms with Gasteiger partial charge in [-0.3, -0.25) is 0 Å². The Morgan fingerprint density at radius 2 is 2.00 bits per heavy atom. The third-order valence-electron chi connectivity index (χ3n) is 1.54. The first-order chi connectivity index (χ1) is 6.29. The molecule has 84 valence electrons. The van der Waals surface area contributed by atoms with Crippen LogP contribution >= 0.6 is 0 Å². The van der Waals surface area contributed by atoms with Crippen LogP contribution in [-0.2, 0) is 4.74 Å². The molecule has 0 heterocycles. The van der Waals surface area contributed by atoms with Crippen LogP contribution in [0.25, 0.3) is 0 Å². The second kappa shape index (κ2) is 5.02. The summed E-state index contributed by atoms with van der Waals surface area (Å²) in [4.78, 5) is 9.97. The highest BCUT2D eigenvalue weighted by molar-refractivity contribution is 5.57. The summed E-state index contributed by atoms with van der Waals surface area (Å²) in [6, 6.07) is 0. The number of hydrogen-bond donors (Lipinski definition) is 1. The second-order valence-electron chi connectivity index (χ2n) is 2.68. The summed E-state index contributed by atoms with van der Waals surface area (Å²) in [6.45, 7) is 1.37. The largest absolute Gasteiger partial charge is 0.506 e. The fraction of sp³-hybridized carbons (Fsp3) is 0.857. The first-order valence-electron chi connectivity index (χ1n) is 3.85. The van der Waals surface area contributed by atoms with E-state index in [4.69, 9.17) is 5.11 Å². The lowest BCUT2D eigenvalue weighted by Crippen LogP contribution is -2.33. The van der Waals surface area contributed by atoms with Gasteiger partial charge in [-0.25, -0.2) is 22.4 Å². The van der Waals surface area contributed by atoms with E-state index in [1.54, 1.807) is 0 Å². The van der Waals surface area contributed by atoms with Gasteiger partial charge in [-0.05, 0) is 6.42 Å². The molecule has 0 spiro atoms. The van der Waals surface area contributed by atoms with Crippen LogP contribution in [0.15, 0.2) is 0 Å². The maximum atomic E-state index is 12.4. The van der Waals surface area contributed by atoms with E-state index in [1.807, 2.05) is 0 Å². The van der Waals surface area contributed by atoms with E-state index in [0.717, 1.165) is 0 Å². The van der Waals surface area contributed by atoms with Gasteiger partial charge >= 0.3 is 18.5 Å². The van der Waals surface area contributed by atoms with E-state index in [9.17, 15) is 22.4 Å². The summed E-state index contributed by atoms with van der Waals surface area (Å²) < 4.78 is 52.2. The zero-order valence-corrected chi connectivity index (χ0v) is 7.34. The van der Waals surface area contributed by atoms with Crippen LogP contribution in [0, 0.1) is 0 Å². The molecule has 0 saturated carbocycles. The normalized spacial score (nSPS) is 14.1. The van der Waals surface area contributed by atoms with Crippen LogP contribution in [0.4, 0.5) is 22.4 Å². The summed E-state index contributed by atoms with van der Waals surface area (Å²) in [7, 11) is 0. The van der Waals surface area contributed by atoms with Crippen molar-refractivity contribution in [1.29, 1.82) is 0 Å². The average Bonchev–Trinajstić information content (AvgIpc) is 2.01. The molecule has 14 heavy (non-hydrogen) atoms. The van der Waals surface area contributed by atoms with E-state index < -0.39 is 31.0 Å². The zero-order chi connectivity index (χ0) is 11.4. The minimum Gasteiger partial charge on any atom is -0.450 e. The summed E-state index contributed by atoms with van der Waals surface area (Å²) >= 11 is 0. The van der Waals surface area contributed by atoms with Crippen LogP contribution in [0.2, 0.25) is 0 Å². The van der Waals surface area contributed by atoms with Crippen molar-refractivity contribution < 1.29 is 32.2 Å². The Kier molecular flexibility index (Phi) is 4.65. The predicted molar refractivity (Wildman–Crippen MR) is 38.8 cm³/mol. The van der Waals surface area contributed by atoms with E-state index in [1.165, 1.54) is 6.92 Å². The Hall–Kier alpha value is -1.01. The average molecular weight is 218 g/mol. The molecule has 0 aromatic rings. The first-order valence-corrected chi connectivity index (χ1v) is 3.85. The number of hydrogen-bond acceptors (Lipinski definition) is 2. The van der Waals surface area contributed by atoms with Gasteiger partial charge in [0.1, 0.15) is 6.10 Å². The topological polar surface area (TPSA) is 46.5 Å². The standard InChI is InChI=1S/C7H10F4O3/c1-2-4(14-6(12)13)3-7(10,11)5(8)9/h4-5H,2-3H2,1H3,(H,12,13). The molecule has 0 aliphatic rings. The zero-order valence-electron chi connectivity index (χ0n) is 7.34. The van der Waals surface area contributed by atoms with Crippen LogP contribution in [0.5, 0.6) is 0 Å². The lowest BCUT2D eigenvalue weighted by Gasteiger charge is -2.20. The van der Waals surface area contributed by atoms with Gasteiger partial charge in [-0.2, -0.15) is 0 Å². The van der Waals surface area contributed by atoms with Crippen LogP contribution in [-0.4, -0.2) is 29.7 Å². The Balaban J connectivity index is 4.23. The monoisotopic (exact) mass is 218 g/mol. The Morgan fingerprint density at radius 3 is 2.29 bits per heavy atom. The van der Waals surface area contributed by atoms with Gasteiger partial charge in [0.2, 0.25) is 0 Å². The van der Waals surface area contributed by atoms with Gasteiger partial charge in [0.25, 0.3) is 0 Å². The molecule has 0 rings (SSSR count). The number of ether oxygens (including phenoxy) is 1. The lowest BCUT2D eigenvalue weighted by atomic mass is 10.1.